The first-order valence-corrected chi connectivity index (χ1v) is 8.68. The summed E-state index contributed by atoms with van der Waals surface area (Å²) in [4.78, 5) is 18.7. The maximum Gasteiger partial charge on any atom is 0.315 e. The molecule has 0 aliphatic heterocycles. The molecule has 0 atom stereocenters. The van der Waals surface area contributed by atoms with E-state index in [1.165, 1.54) is 0 Å². The van der Waals surface area contributed by atoms with Gasteiger partial charge in [0, 0.05) is 32.6 Å². The highest BCUT2D eigenvalue weighted by atomic mass is 16.3. The van der Waals surface area contributed by atoms with Crippen molar-refractivity contribution in [2.24, 2.45) is 0 Å². The number of carbonyl (C=O) groups is 1. The molecule has 25 heavy (non-hydrogen) atoms. The van der Waals surface area contributed by atoms with Crippen LogP contribution in [0, 0.1) is 0 Å². The van der Waals surface area contributed by atoms with Crippen LogP contribution in [0.4, 0.5) is 10.6 Å². The number of hydrogen-bond donors (Lipinski definition) is 3. The van der Waals surface area contributed by atoms with E-state index in [1.807, 2.05) is 63.2 Å². The molecule has 2 rings (SSSR count). The van der Waals surface area contributed by atoms with Gasteiger partial charge in [-0.1, -0.05) is 32.0 Å². The number of rotatable bonds is 7. The van der Waals surface area contributed by atoms with Gasteiger partial charge in [0.1, 0.15) is 5.82 Å². The monoisotopic (exact) mass is 344 g/mol. The van der Waals surface area contributed by atoms with Crippen molar-refractivity contribution in [1.29, 1.82) is 0 Å². The summed E-state index contributed by atoms with van der Waals surface area (Å²) in [5.41, 5.74) is 1.06. The second kappa shape index (κ2) is 8.16. The number of nitrogens with zero attached hydrogens (tertiary/aromatic N) is 2. The quantitative estimate of drug-likeness (QED) is 0.722. The molecule has 136 valence electrons. The lowest BCUT2D eigenvalue weighted by Crippen LogP contribution is -2.45. The Morgan fingerprint density at radius 3 is 2.52 bits per heavy atom. The molecule has 6 heteroatoms. The zero-order chi connectivity index (χ0) is 18.4. The first kappa shape index (κ1) is 19.0. The molecule has 3 N–H and O–H groups in total. The molecule has 0 unspecified atom stereocenters. The number of amides is 2. The minimum atomic E-state index is -0.848. The fraction of sp³-hybridized carbons (Fsp3) is 0.474. The smallest absolute Gasteiger partial charge is 0.315 e. The van der Waals surface area contributed by atoms with E-state index in [4.69, 9.17) is 0 Å². The topological polar surface area (TPSA) is 77.5 Å². The van der Waals surface area contributed by atoms with Gasteiger partial charge in [-0.2, -0.15) is 0 Å². The number of aromatic nitrogens is 1. The predicted molar refractivity (Wildman–Crippen MR) is 102 cm³/mol. The minimum Gasteiger partial charge on any atom is -0.388 e. The van der Waals surface area contributed by atoms with Crippen molar-refractivity contribution >= 4 is 22.8 Å². The van der Waals surface area contributed by atoms with E-state index in [0.717, 1.165) is 22.3 Å². The van der Waals surface area contributed by atoms with Gasteiger partial charge < -0.3 is 20.6 Å². The number of urea groups is 1. The lowest BCUT2D eigenvalue weighted by atomic mass is 9.98. The standard InChI is InChI=1S/C19H28N4O2/c1-5-19(25,6-2)13-21-18(24)20-12-14-11-17(23(3)4)22-16-10-8-7-9-15(14)16/h7-11,25H,5-6,12-13H2,1-4H3,(H2,20,21,24). The summed E-state index contributed by atoms with van der Waals surface area (Å²) in [7, 11) is 3.88. The highest BCUT2D eigenvalue weighted by Crippen LogP contribution is 2.22. The van der Waals surface area contributed by atoms with Gasteiger partial charge in [0.15, 0.2) is 0 Å². The average Bonchev–Trinajstić information content (AvgIpc) is 2.63. The largest absolute Gasteiger partial charge is 0.388 e. The number of nitrogens with one attached hydrogen (secondary N) is 2. The van der Waals surface area contributed by atoms with Crippen LogP contribution in [0.2, 0.25) is 0 Å². The maximum absolute atomic E-state index is 12.1. The normalized spacial score (nSPS) is 11.4. The van der Waals surface area contributed by atoms with Crippen LogP contribution in [0.1, 0.15) is 32.3 Å². The Balaban J connectivity index is 2.08. The number of para-hydroxylation sites is 1. The number of carbonyl (C=O) groups excluding carboxylic acids is 1. The molecule has 0 spiro atoms. The fourth-order valence-corrected chi connectivity index (χ4v) is 2.59. The molecule has 0 bridgehead atoms. The number of benzene rings is 1. The average molecular weight is 344 g/mol. The van der Waals surface area contributed by atoms with Crippen molar-refractivity contribution in [1.82, 2.24) is 15.6 Å². The van der Waals surface area contributed by atoms with E-state index in [1.54, 1.807) is 0 Å². The molecule has 0 radical (unpaired) electrons. The Morgan fingerprint density at radius 1 is 1.20 bits per heavy atom. The zero-order valence-electron chi connectivity index (χ0n) is 15.5. The minimum absolute atomic E-state index is 0.242. The summed E-state index contributed by atoms with van der Waals surface area (Å²) < 4.78 is 0. The summed E-state index contributed by atoms with van der Waals surface area (Å²) in [5.74, 6) is 0.849. The third-order valence-electron chi connectivity index (χ3n) is 4.58. The number of fused-ring (bicyclic) bond motifs is 1. The second-order valence-corrected chi connectivity index (χ2v) is 6.52. The molecule has 2 aromatic rings. The van der Waals surface area contributed by atoms with Crippen molar-refractivity contribution in [3.8, 4) is 0 Å². The van der Waals surface area contributed by atoms with Crippen LogP contribution < -0.4 is 15.5 Å². The van der Waals surface area contributed by atoms with Crippen molar-refractivity contribution in [3.05, 3.63) is 35.9 Å². The second-order valence-electron chi connectivity index (χ2n) is 6.52. The molecule has 0 saturated carbocycles. The molecule has 0 aliphatic rings. The lowest BCUT2D eigenvalue weighted by molar-refractivity contribution is 0.0349. The molecule has 0 fully saturated rings. The highest BCUT2D eigenvalue weighted by Gasteiger charge is 2.22. The lowest BCUT2D eigenvalue weighted by Gasteiger charge is -2.25. The van der Waals surface area contributed by atoms with Crippen LogP contribution in [0.3, 0.4) is 0 Å². The van der Waals surface area contributed by atoms with Gasteiger partial charge in [0.2, 0.25) is 0 Å². The Morgan fingerprint density at radius 2 is 1.88 bits per heavy atom. The third kappa shape index (κ3) is 4.82. The first-order chi connectivity index (χ1) is 11.9. The van der Waals surface area contributed by atoms with Crippen molar-refractivity contribution < 1.29 is 9.90 Å². The Labute approximate surface area is 149 Å². The molecular formula is C19H28N4O2. The van der Waals surface area contributed by atoms with Gasteiger partial charge in [-0.25, -0.2) is 9.78 Å². The van der Waals surface area contributed by atoms with E-state index in [2.05, 4.69) is 15.6 Å². The van der Waals surface area contributed by atoms with Crippen molar-refractivity contribution in [2.75, 3.05) is 25.5 Å². The number of hydrogen-bond acceptors (Lipinski definition) is 4. The molecule has 1 aromatic heterocycles. The van der Waals surface area contributed by atoms with Gasteiger partial charge in [-0.05, 0) is 30.5 Å². The van der Waals surface area contributed by atoms with Crippen LogP contribution in [0.25, 0.3) is 10.9 Å². The molecule has 0 saturated heterocycles. The number of pyridine rings is 1. The van der Waals surface area contributed by atoms with Gasteiger partial charge in [-0.15, -0.1) is 0 Å². The Hall–Kier alpha value is -2.34. The predicted octanol–water partition coefficient (Wildman–Crippen LogP) is 2.65. The molecule has 2 amide bonds. The summed E-state index contributed by atoms with van der Waals surface area (Å²) in [6.07, 6.45) is 1.20. The third-order valence-corrected chi connectivity index (χ3v) is 4.58. The van der Waals surface area contributed by atoms with Crippen LogP contribution >= 0.6 is 0 Å². The van der Waals surface area contributed by atoms with Gasteiger partial charge in [0.25, 0.3) is 0 Å². The van der Waals surface area contributed by atoms with Crippen LogP contribution in [-0.4, -0.2) is 42.4 Å². The zero-order valence-corrected chi connectivity index (χ0v) is 15.5. The summed E-state index contributed by atoms with van der Waals surface area (Å²) >= 11 is 0. The molecular weight excluding hydrogens is 316 g/mol. The van der Waals surface area contributed by atoms with Crippen LogP contribution in [0.5, 0.6) is 0 Å². The Bertz CT molecular complexity index is 726. The maximum atomic E-state index is 12.1. The summed E-state index contributed by atoms with van der Waals surface area (Å²) in [6, 6.07) is 9.59. The molecule has 6 nitrogen and oxygen atoms in total. The van der Waals surface area contributed by atoms with Gasteiger partial charge in [-0.3, -0.25) is 0 Å². The van der Waals surface area contributed by atoms with Gasteiger partial charge in [0.05, 0.1) is 11.1 Å². The molecule has 1 heterocycles. The first-order valence-electron chi connectivity index (χ1n) is 8.68. The SMILES string of the molecule is CCC(O)(CC)CNC(=O)NCc1cc(N(C)C)nc2ccccc12. The number of aliphatic hydroxyl groups is 1. The number of anilines is 1. The van der Waals surface area contributed by atoms with E-state index >= 15 is 0 Å². The van der Waals surface area contributed by atoms with E-state index < -0.39 is 5.60 Å². The van der Waals surface area contributed by atoms with Crippen LogP contribution in [0.15, 0.2) is 30.3 Å². The van der Waals surface area contributed by atoms with Gasteiger partial charge >= 0.3 is 6.03 Å². The highest BCUT2D eigenvalue weighted by molar-refractivity contribution is 5.84. The van der Waals surface area contributed by atoms with E-state index in [0.29, 0.717) is 19.4 Å². The van der Waals surface area contributed by atoms with E-state index in [-0.39, 0.29) is 12.6 Å². The summed E-state index contributed by atoms with van der Waals surface area (Å²) in [6.45, 7) is 4.46. The van der Waals surface area contributed by atoms with Crippen LogP contribution in [-0.2, 0) is 6.54 Å². The molecule has 1 aromatic carbocycles. The van der Waals surface area contributed by atoms with E-state index in [9.17, 15) is 9.90 Å². The fourth-order valence-electron chi connectivity index (χ4n) is 2.59. The van der Waals surface area contributed by atoms with Crippen molar-refractivity contribution in [3.63, 3.8) is 0 Å². The molecule has 0 aliphatic carbocycles. The Kier molecular flexibility index (Phi) is 6.20. The van der Waals surface area contributed by atoms with Crippen molar-refractivity contribution in [2.45, 2.75) is 38.8 Å². The summed E-state index contributed by atoms with van der Waals surface area (Å²) in [5, 5.41) is 16.9.